The van der Waals surface area contributed by atoms with Crippen LogP contribution >= 0.6 is 0 Å². The van der Waals surface area contributed by atoms with Crippen LogP contribution in [0.1, 0.15) is 5.56 Å². The molecule has 1 heterocycles. The Labute approximate surface area is 168 Å². The predicted octanol–water partition coefficient (Wildman–Crippen LogP) is 1.78. The fourth-order valence-corrected chi connectivity index (χ4v) is 4.18. The summed E-state index contributed by atoms with van der Waals surface area (Å²) in [6.45, 7) is 7.46. The summed E-state index contributed by atoms with van der Waals surface area (Å²) in [5.41, 5.74) is 3.39. The molecule has 0 radical (unpaired) electrons. The van der Waals surface area contributed by atoms with Crippen molar-refractivity contribution in [3.8, 4) is 0 Å². The predicted molar refractivity (Wildman–Crippen MR) is 111 cm³/mol. The first-order valence-corrected chi connectivity index (χ1v) is 14.9. The van der Waals surface area contributed by atoms with Gasteiger partial charge < -0.3 is 14.8 Å². The molecule has 10 heteroatoms. The number of benzene rings is 1. The molecule has 0 saturated carbocycles. The van der Waals surface area contributed by atoms with Gasteiger partial charge in [-0.25, -0.2) is 13.2 Å². The Kier molecular flexibility index (Phi) is 8.02. The number of ether oxygens (including phenoxy) is 2. The quantitative estimate of drug-likeness (QED) is 0.354. The van der Waals surface area contributed by atoms with Crippen LogP contribution in [0.5, 0.6) is 0 Å². The van der Waals surface area contributed by atoms with Crippen molar-refractivity contribution in [2.75, 3.05) is 26.2 Å². The number of hydrogen-bond acceptors (Lipinski definition) is 5. The van der Waals surface area contributed by atoms with Crippen molar-refractivity contribution in [2.24, 2.45) is 0 Å². The van der Waals surface area contributed by atoms with Crippen molar-refractivity contribution >= 4 is 24.1 Å². The highest BCUT2D eigenvalue weighted by molar-refractivity contribution is 7.88. The summed E-state index contributed by atoms with van der Waals surface area (Å²) in [4.78, 5) is 12.2. The van der Waals surface area contributed by atoms with E-state index < -0.39 is 36.3 Å². The summed E-state index contributed by atoms with van der Waals surface area (Å²) in [6.07, 6.45) is 1.01. The minimum absolute atomic E-state index is 0.00640. The molecule has 0 aromatic heterocycles. The van der Waals surface area contributed by atoms with Crippen molar-refractivity contribution < 1.29 is 22.7 Å². The SMILES string of the molecule is C[Si](C)(C)CCOCO[C@@H]1CN(S(C)(=O)=O)NC(=O)N[C@@H]1Cc1ccccc1. The van der Waals surface area contributed by atoms with Gasteiger partial charge in [0.25, 0.3) is 0 Å². The number of hydrogen-bond donors (Lipinski definition) is 2. The maximum absolute atomic E-state index is 12.2. The number of amides is 2. The number of sulfonamides is 1. The van der Waals surface area contributed by atoms with Crippen LogP contribution in [-0.4, -0.2) is 65.3 Å². The molecule has 1 saturated heterocycles. The van der Waals surface area contributed by atoms with E-state index >= 15 is 0 Å². The molecule has 2 rings (SSSR count). The van der Waals surface area contributed by atoms with Crippen LogP contribution in [0.2, 0.25) is 25.7 Å². The Morgan fingerprint density at radius 1 is 1.21 bits per heavy atom. The van der Waals surface area contributed by atoms with Gasteiger partial charge in [-0.05, 0) is 18.0 Å². The fraction of sp³-hybridized carbons (Fsp3) is 0.611. The monoisotopic (exact) mass is 429 g/mol. The molecule has 0 unspecified atom stereocenters. The van der Waals surface area contributed by atoms with Gasteiger partial charge in [0, 0.05) is 14.7 Å². The lowest BCUT2D eigenvalue weighted by molar-refractivity contribution is -0.0972. The van der Waals surface area contributed by atoms with Crippen molar-refractivity contribution in [3.05, 3.63) is 35.9 Å². The van der Waals surface area contributed by atoms with Crippen LogP contribution in [0.25, 0.3) is 0 Å². The van der Waals surface area contributed by atoms with Gasteiger partial charge in [0.2, 0.25) is 10.0 Å². The van der Waals surface area contributed by atoms with Gasteiger partial charge in [0.15, 0.2) is 0 Å². The maximum Gasteiger partial charge on any atom is 0.330 e. The smallest absolute Gasteiger partial charge is 0.330 e. The second kappa shape index (κ2) is 9.84. The Morgan fingerprint density at radius 3 is 2.50 bits per heavy atom. The second-order valence-electron chi connectivity index (χ2n) is 8.22. The largest absolute Gasteiger partial charge is 0.356 e. The summed E-state index contributed by atoms with van der Waals surface area (Å²) >= 11 is 0. The van der Waals surface area contributed by atoms with E-state index in [0.717, 1.165) is 22.3 Å². The molecule has 8 nitrogen and oxygen atoms in total. The van der Waals surface area contributed by atoms with E-state index in [0.29, 0.717) is 13.0 Å². The minimum atomic E-state index is -3.62. The Morgan fingerprint density at radius 2 is 1.89 bits per heavy atom. The summed E-state index contributed by atoms with van der Waals surface area (Å²) in [5, 5.41) is 2.81. The van der Waals surface area contributed by atoms with Gasteiger partial charge in [-0.3, -0.25) is 5.43 Å². The Bertz CT molecular complexity index is 739. The summed E-state index contributed by atoms with van der Waals surface area (Å²) in [6, 6.07) is 9.73. The topological polar surface area (TPSA) is 97.0 Å². The third-order valence-corrected chi connectivity index (χ3v) is 7.14. The number of rotatable bonds is 9. The molecular weight excluding hydrogens is 398 g/mol. The number of nitrogens with zero attached hydrogens (tertiary/aromatic N) is 1. The molecule has 0 aliphatic carbocycles. The zero-order chi connectivity index (χ0) is 20.8. The standard InChI is InChI=1S/C18H31N3O5SSi/c1-27(23,24)21-13-17(26-14-25-10-11-28(2,3)4)16(19-18(22)20-21)12-15-8-6-5-7-9-15/h5-9,16-17H,10-14H2,1-4H3,(H2,19,20,22)/t16-,17-/m1/s1. The van der Waals surface area contributed by atoms with E-state index in [1.807, 2.05) is 30.3 Å². The average Bonchev–Trinajstić information content (AvgIpc) is 2.73. The first-order chi connectivity index (χ1) is 13.0. The number of hydrazine groups is 1. The molecule has 28 heavy (non-hydrogen) atoms. The van der Waals surface area contributed by atoms with Crippen LogP contribution in [-0.2, 0) is 25.9 Å². The molecule has 1 aliphatic heterocycles. The molecule has 1 aromatic carbocycles. The summed E-state index contributed by atoms with van der Waals surface area (Å²) < 4.78 is 36.4. The number of carbonyl (C=O) groups excluding carboxylic acids is 1. The lowest BCUT2D eigenvalue weighted by Crippen LogP contribution is -2.47. The first kappa shape index (κ1) is 22.8. The molecule has 1 aromatic rings. The van der Waals surface area contributed by atoms with E-state index in [9.17, 15) is 13.2 Å². The van der Waals surface area contributed by atoms with Crippen molar-refractivity contribution in [3.63, 3.8) is 0 Å². The van der Waals surface area contributed by atoms with Gasteiger partial charge in [0.05, 0.1) is 24.9 Å². The number of urea groups is 1. The minimum Gasteiger partial charge on any atom is -0.356 e. The molecule has 0 bridgehead atoms. The fourth-order valence-electron chi connectivity index (χ4n) is 2.75. The maximum atomic E-state index is 12.2. The van der Waals surface area contributed by atoms with Crippen molar-refractivity contribution in [1.29, 1.82) is 0 Å². The van der Waals surface area contributed by atoms with Gasteiger partial charge in [-0.1, -0.05) is 50.0 Å². The normalized spacial score (nSPS) is 21.6. The van der Waals surface area contributed by atoms with Gasteiger partial charge in [-0.2, -0.15) is 0 Å². The second-order valence-corrected chi connectivity index (χ2v) is 15.7. The van der Waals surface area contributed by atoms with Gasteiger partial charge in [-0.15, -0.1) is 4.41 Å². The third kappa shape index (κ3) is 7.88. The molecule has 2 amide bonds. The van der Waals surface area contributed by atoms with E-state index in [2.05, 4.69) is 30.4 Å². The molecule has 0 spiro atoms. The van der Waals surface area contributed by atoms with E-state index in [-0.39, 0.29) is 13.3 Å². The zero-order valence-electron chi connectivity index (χ0n) is 17.0. The lowest BCUT2D eigenvalue weighted by atomic mass is 10.0. The number of carbonyl (C=O) groups is 1. The highest BCUT2D eigenvalue weighted by atomic mass is 32.2. The zero-order valence-corrected chi connectivity index (χ0v) is 18.8. The molecule has 1 aliphatic rings. The van der Waals surface area contributed by atoms with Crippen LogP contribution in [0.4, 0.5) is 4.79 Å². The number of nitrogens with one attached hydrogen (secondary N) is 2. The first-order valence-electron chi connectivity index (χ1n) is 9.33. The highest BCUT2D eigenvalue weighted by Crippen LogP contribution is 2.14. The average molecular weight is 430 g/mol. The van der Waals surface area contributed by atoms with E-state index in [1.165, 1.54) is 0 Å². The van der Waals surface area contributed by atoms with Crippen LogP contribution in [0.15, 0.2) is 30.3 Å². The highest BCUT2D eigenvalue weighted by Gasteiger charge is 2.34. The van der Waals surface area contributed by atoms with Gasteiger partial charge in [0.1, 0.15) is 6.79 Å². The summed E-state index contributed by atoms with van der Waals surface area (Å²) in [7, 11) is -4.82. The third-order valence-electron chi connectivity index (χ3n) is 4.40. The van der Waals surface area contributed by atoms with Crippen molar-refractivity contribution in [2.45, 2.75) is 44.3 Å². The molecule has 2 atom stereocenters. The van der Waals surface area contributed by atoms with E-state index in [4.69, 9.17) is 9.47 Å². The lowest BCUT2D eigenvalue weighted by Gasteiger charge is -2.27. The van der Waals surface area contributed by atoms with Crippen LogP contribution in [0, 0.1) is 0 Å². The molecule has 158 valence electrons. The molecule has 2 N–H and O–H groups in total. The van der Waals surface area contributed by atoms with Crippen LogP contribution < -0.4 is 10.7 Å². The molecule has 1 fully saturated rings. The Hall–Kier alpha value is -1.46. The molecular formula is C18H31N3O5SSi. The summed E-state index contributed by atoms with van der Waals surface area (Å²) in [5.74, 6) is 0. The van der Waals surface area contributed by atoms with E-state index in [1.54, 1.807) is 0 Å². The Balaban J connectivity index is 2.06. The van der Waals surface area contributed by atoms with Gasteiger partial charge >= 0.3 is 6.03 Å². The van der Waals surface area contributed by atoms with Crippen molar-refractivity contribution in [1.82, 2.24) is 15.2 Å². The van der Waals surface area contributed by atoms with Crippen LogP contribution in [0.3, 0.4) is 0 Å².